The molecule has 4 heteroatoms. The third-order valence-corrected chi connectivity index (χ3v) is 4.45. The Labute approximate surface area is 130 Å². The maximum absolute atomic E-state index is 10.3. The fourth-order valence-corrected chi connectivity index (χ4v) is 3.17. The lowest BCUT2D eigenvalue weighted by Crippen LogP contribution is -2.45. The lowest BCUT2D eigenvalue weighted by atomic mass is 9.95. The van der Waals surface area contributed by atoms with E-state index in [0.29, 0.717) is 17.7 Å². The van der Waals surface area contributed by atoms with Crippen molar-refractivity contribution >= 4 is 15.9 Å². The largest absolute Gasteiger partial charge is 0.508 e. The molecule has 2 rings (SSSR count). The topological polar surface area (TPSA) is 35.5 Å². The molecule has 1 fully saturated rings. The summed E-state index contributed by atoms with van der Waals surface area (Å²) in [5.41, 5.74) is 1.07. The Bertz CT molecular complexity index is 430. The van der Waals surface area contributed by atoms with Crippen molar-refractivity contribution in [2.75, 3.05) is 26.2 Å². The fourth-order valence-electron chi connectivity index (χ4n) is 2.82. The Hall–Kier alpha value is -0.580. The standard InChI is InChI=1S/C16H25BrN2O/c1-12(2)3-6-15(19-9-7-18-8-10-19)14-5-4-13(17)11-16(14)20/h4-5,11-12,15,18,20H,3,6-10H2,1-2H3/t15-/m0/s1. The number of halogens is 1. The highest BCUT2D eigenvalue weighted by molar-refractivity contribution is 9.10. The van der Waals surface area contributed by atoms with E-state index in [4.69, 9.17) is 0 Å². The van der Waals surface area contributed by atoms with Crippen LogP contribution in [0, 0.1) is 5.92 Å². The fraction of sp³-hybridized carbons (Fsp3) is 0.625. The van der Waals surface area contributed by atoms with Crippen molar-refractivity contribution in [3.8, 4) is 5.75 Å². The molecule has 20 heavy (non-hydrogen) atoms. The summed E-state index contributed by atoms with van der Waals surface area (Å²) in [5, 5.41) is 13.7. The normalized spacial score (nSPS) is 18.4. The molecule has 0 unspecified atom stereocenters. The van der Waals surface area contributed by atoms with E-state index in [1.165, 1.54) is 6.42 Å². The van der Waals surface area contributed by atoms with Crippen LogP contribution < -0.4 is 5.32 Å². The molecule has 0 aromatic heterocycles. The number of hydrogen-bond donors (Lipinski definition) is 2. The van der Waals surface area contributed by atoms with Gasteiger partial charge in [0.15, 0.2) is 0 Å². The van der Waals surface area contributed by atoms with Crippen LogP contribution in [-0.2, 0) is 0 Å². The summed E-state index contributed by atoms with van der Waals surface area (Å²) in [6.45, 7) is 8.70. The molecule has 0 saturated carbocycles. The van der Waals surface area contributed by atoms with Crippen molar-refractivity contribution in [2.24, 2.45) is 5.92 Å². The third kappa shape index (κ3) is 4.21. The van der Waals surface area contributed by atoms with Gasteiger partial charge in [-0.2, -0.15) is 0 Å². The van der Waals surface area contributed by atoms with Crippen molar-refractivity contribution in [1.29, 1.82) is 0 Å². The molecule has 0 aliphatic carbocycles. The Morgan fingerprint density at radius 1 is 1.25 bits per heavy atom. The van der Waals surface area contributed by atoms with Gasteiger partial charge in [-0.3, -0.25) is 4.90 Å². The van der Waals surface area contributed by atoms with E-state index in [1.54, 1.807) is 6.07 Å². The first kappa shape index (κ1) is 15.8. The predicted octanol–water partition coefficient (Wildman–Crippen LogP) is 3.54. The molecule has 1 aromatic carbocycles. The molecule has 1 aliphatic heterocycles. The molecule has 2 N–H and O–H groups in total. The number of phenols is 1. The molecule has 0 amide bonds. The molecule has 112 valence electrons. The summed E-state index contributed by atoms with van der Waals surface area (Å²) in [6.07, 6.45) is 2.29. The van der Waals surface area contributed by atoms with Gasteiger partial charge in [-0.25, -0.2) is 0 Å². The SMILES string of the molecule is CC(C)CC[C@@H](c1ccc(Br)cc1O)N1CCNCC1. The number of nitrogens with one attached hydrogen (secondary N) is 1. The average molecular weight is 341 g/mol. The molecule has 3 nitrogen and oxygen atoms in total. The van der Waals surface area contributed by atoms with Gasteiger partial charge < -0.3 is 10.4 Å². The van der Waals surface area contributed by atoms with E-state index >= 15 is 0 Å². The van der Waals surface area contributed by atoms with Crippen LogP contribution in [-0.4, -0.2) is 36.2 Å². The van der Waals surface area contributed by atoms with Gasteiger partial charge in [0.2, 0.25) is 0 Å². The molecule has 0 radical (unpaired) electrons. The minimum Gasteiger partial charge on any atom is -0.508 e. The molecule has 1 aromatic rings. The number of nitrogens with zero attached hydrogens (tertiary/aromatic N) is 1. The maximum Gasteiger partial charge on any atom is 0.121 e. The van der Waals surface area contributed by atoms with E-state index in [2.05, 4.69) is 46.1 Å². The zero-order valence-corrected chi connectivity index (χ0v) is 14.0. The van der Waals surface area contributed by atoms with Crippen LogP contribution in [0.3, 0.4) is 0 Å². The van der Waals surface area contributed by atoms with E-state index in [1.807, 2.05) is 6.07 Å². The maximum atomic E-state index is 10.3. The van der Waals surface area contributed by atoms with Crippen molar-refractivity contribution in [3.63, 3.8) is 0 Å². The van der Waals surface area contributed by atoms with Gasteiger partial charge in [0.25, 0.3) is 0 Å². The van der Waals surface area contributed by atoms with Crippen molar-refractivity contribution < 1.29 is 5.11 Å². The predicted molar refractivity (Wildman–Crippen MR) is 87.1 cm³/mol. The van der Waals surface area contributed by atoms with Crippen molar-refractivity contribution in [2.45, 2.75) is 32.7 Å². The summed E-state index contributed by atoms with van der Waals surface area (Å²) in [7, 11) is 0. The van der Waals surface area contributed by atoms with Crippen molar-refractivity contribution in [3.05, 3.63) is 28.2 Å². The van der Waals surface area contributed by atoms with Gasteiger partial charge in [-0.15, -0.1) is 0 Å². The second kappa shape index (κ2) is 7.43. The van der Waals surface area contributed by atoms with Crippen molar-refractivity contribution in [1.82, 2.24) is 10.2 Å². The first-order valence-corrected chi connectivity index (χ1v) is 8.30. The highest BCUT2D eigenvalue weighted by atomic mass is 79.9. The highest BCUT2D eigenvalue weighted by Crippen LogP contribution is 2.34. The number of phenolic OH excluding ortho intramolecular Hbond substituents is 1. The molecule has 1 saturated heterocycles. The lowest BCUT2D eigenvalue weighted by Gasteiger charge is -2.36. The van der Waals surface area contributed by atoms with Gasteiger partial charge >= 0.3 is 0 Å². The zero-order valence-electron chi connectivity index (χ0n) is 12.4. The Morgan fingerprint density at radius 3 is 2.55 bits per heavy atom. The Kier molecular flexibility index (Phi) is 5.87. The minimum atomic E-state index is 0.326. The Balaban J connectivity index is 2.19. The van der Waals surface area contributed by atoms with Crippen LogP contribution >= 0.6 is 15.9 Å². The number of rotatable bonds is 5. The number of hydrogen-bond acceptors (Lipinski definition) is 3. The van der Waals surface area contributed by atoms with E-state index in [-0.39, 0.29) is 0 Å². The Morgan fingerprint density at radius 2 is 1.95 bits per heavy atom. The van der Waals surface area contributed by atoms with E-state index in [0.717, 1.165) is 42.6 Å². The van der Waals surface area contributed by atoms with Gasteiger partial charge in [0.1, 0.15) is 5.75 Å². The van der Waals surface area contributed by atoms with Gasteiger partial charge in [-0.1, -0.05) is 35.8 Å². The molecule has 1 aliphatic rings. The van der Waals surface area contributed by atoms with Gasteiger partial charge in [-0.05, 0) is 30.9 Å². The quantitative estimate of drug-likeness (QED) is 0.860. The van der Waals surface area contributed by atoms with Crippen LogP contribution in [0.5, 0.6) is 5.75 Å². The van der Waals surface area contributed by atoms with Gasteiger partial charge in [0, 0.05) is 42.3 Å². The molecular formula is C16H25BrN2O. The molecule has 0 spiro atoms. The smallest absolute Gasteiger partial charge is 0.121 e. The van der Waals surface area contributed by atoms with E-state index < -0.39 is 0 Å². The second-order valence-corrected chi connectivity index (χ2v) is 6.89. The first-order chi connectivity index (χ1) is 9.58. The van der Waals surface area contributed by atoms with Crippen LogP contribution in [0.2, 0.25) is 0 Å². The molecule has 1 atom stereocenters. The van der Waals surface area contributed by atoms with Crippen LogP contribution in [0.4, 0.5) is 0 Å². The third-order valence-electron chi connectivity index (χ3n) is 3.96. The molecule has 1 heterocycles. The van der Waals surface area contributed by atoms with Crippen LogP contribution in [0.25, 0.3) is 0 Å². The number of piperazine rings is 1. The zero-order chi connectivity index (χ0) is 14.5. The summed E-state index contributed by atoms with van der Waals surface area (Å²) >= 11 is 3.42. The molecule has 0 bridgehead atoms. The van der Waals surface area contributed by atoms with Crippen LogP contribution in [0.1, 0.15) is 38.3 Å². The highest BCUT2D eigenvalue weighted by Gasteiger charge is 2.24. The van der Waals surface area contributed by atoms with E-state index in [9.17, 15) is 5.11 Å². The van der Waals surface area contributed by atoms with Crippen LogP contribution in [0.15, 0.2) is 22.7 Å². The molecular weight excluding hydrogens is 316 g/mol. The average Bonchev–Trinajstić information content (AvgIpc) is 2.42. The summed E-state index contributed by atoms with van der Waals surface area (Å²) in [4.78, 5) is 2.50. The number of aromatic hydroxyl groups is 1. The monoisotopic (exact) mass is 340 g/mol. The lowest BCUT2D eigenvalue weighted by molar-refractivity contribution is 0.157. The first-order valence-electron chi connectivity index (χ1n) is 7.51. The summed E-state index contributed by atoms with van der Waals surface area (Å²) in [5.74, 6) is 1.10. The minimum absolute atomic E-state index is 0.326. The van der Waals surface area contributed by atoms with Gasteiger partial charge in [0.05, 0.1) is 0 Å². The number of benzene rings is 1. The summed E-state index contributed by atoms with van der Waals surface area (Å²) in [6, 6.07) is 6.22. The summed E-state index contributed by atoms with van der Waals surface area (Å²) < 4.78 is 0.932. The second-order valence-electron chi connectivity index (χ2n) is 5.98.